The molecule has 1 aliphatic rings. The average Bonchev–Trinajstić information content (AvgIpc) is 3.54. The number of pyridine rings is 1. The molecule has 0 radical (unpaired) electrons. The normalized spacial score (nSPS) is 17.0. The lowest BCUT2D eigenvalue weighted by molar-refractivity contribution is -0.123. The van der Waals surface area contributed by atoms with Gasteiger partial charge in [0, 0.05) is 31.5 Å². The number of carbonyl (C=O) groups is 1. The van der Waals surface area contributed by atoms with Crippen LogP contribution < -0.4 is 4.90 Å². The Balaban J connectivity index is 1.48. The van der Waals surface area contributed by atoms with E-state index in [0.717, 1.165) is 34.3 Å². The molecule has 1 atom stereocenters. The van der Waals surface area contributed by atoms with Crippen LogP contribution in [0.15, 0.2) is 58.4 Å². The Kier molecular flexibility index (Phi) is 6.62. The monoisotopic (exact) mass is 534 g/mol. The summed E-state index contributed by atoms with van der Waals surface area (Å²) >= 11 is 2.15. The highest BCUT2D eigenvalue weighted by molar-refractivity contribution is 7.91. The number of hydrogen-bond acceptors (Lipinski definition) is 7. The first-order valence-corrected chi connectivity index (χ1v) is 14.0. The number of aromatic nitrogens is 2. The van der Waals surface area contributed by atoms with E-state index in [-0.39, 0.29) is 38.6 Å². The maximum absolute atomic E-state index is 14.3. The minimum Gasteiger partial charge on any atom is -0.283 e. The van der Waals surface area contributed by atoms with Crippen molar-refractivity contribution in [1.82, 2.24) is 14.3 Å². The summed E-state index contributed by atoms with van der Waals surface area (Å²) in [6.07, 6.45) is 4.26. The van der Waals surface area contributed by atoms with Crippen LogP contribution in [0, 0.1) is 17.6 Å². The number of anilines is 1. The summed E-state index contributed by atoms with van der Waals surface area (Å²) in [7, 11) is -3.70. The number of fused-ring (bicyclic) bond motifs is 1. The molecule has 1 amide bonds. The molecule has 4 aromatic rings. The van der Waals surface area contributed by atoms with E-state index in [9.17, 15) is 22.0 Å². The smallest absolute Gasteiger partial charge is 0.252 e. The number of carbonyl (C=O) groups excluding carboxylic acids is 1. The zero-order chi connectivity index (χ0) is 24.6. The Morgan fingerprint density at radius 3 is 2.83 bits per heavy atom. The quantitative estimate of drug-likeness (QED) is 0.359. The predicted octanol–water partition coefficient (Wildman–Crippen LogP) is 4.67. The summed E-state index contributed by atoms with van der Waals surface area (Å²) < 4.78 is 56.1. The van der Waals surface area contributed by atoms with Gasteiger partial charge < -0.3 is 0 Å². The van der Waals surface area contributed by atoms with Gasteiger partial charge in [-0.25, -0.2) is 22.2 Å². The molecule has 1 aromatic carbocycles. The third-order valence-corrected chi connectivity index (χ3v) is 10.0. The molecule has 3 aromatic heterocycles. The van der Waals surface area contributed by atoms with Gasteiger partial charge in [-0.05, 0) is 42.0 Å². The van der Waals surface area contributed by atoms with E-state index >= 15 is 0 Å². The summed E-state index contributed by atoms with van der Waals surface area (Å²) in [5.41, 5.74) is 0.714. The van der Waals surface area contributed by atoms with Gasteiger partial charge >= 0.3 is 0 Å². The van der Waals surface area contributed by atoms with Gasteiger partial charge in [-0.1, -0.05) is 23.5 Å². The van der Waals surface area contributed by atoms with Crippen molar-refractivity contribution in [1.29, 1.82) is 0 Å². The van der Waals surface area contributed by atoms with Gasteiger partial charge in [-0.3, -0.25) is 14.7 Å². The topological polar surface area (TPSA) is 83.5 Å². The molecule has 0 bridgehead atoms. The van der Waals surface area contributed by atoms with E-state index in [1.807, 2.05) is 0 Å². The first kappa shape index (κ1) is 23.9. The molecule has 1 aliphatic heterocycles. The van der Waals surface area contributed by atoms with Crippen molar-refractivity contribution in [3.8, 4) is 0 Å². The van der Waals surface area contributed by atoms with Gasteiger partial charge in [0.05, 0.1) is 17.2 Å². The fraction of sp³-hybridized carbons (Fsp3) is 0.261. The van der Waals surface area contributed by atoms with Crippen LogP contribution in [0.25, 0.3) is 10.2 Å². The molecule has 0 spiro atoms. The van der Waals surface area contributed by atoms with Crippen molar-refractivity contribution in [3.05, 3.63) is 71.4 Å². The lowest BCUT2D eigenvalue weighted by atomic mass is 9.98. The minimum absolute atomic E-state index is 0.0130. The molecule has 5 rings (SSSR count). The van der Waals surface area contributed by atoms with E-state index in [1.54, 1.807) is 42.0 Å². The number of amides is 1. The van der Waals surface area contributed by atoms with E-state index in [2.05, 4.69) is 9.97 Å². The van der Waals surface area contributed by atoms with Gasteiger partial charge in [-0.15, -0.1) is 11.3 Å². The maximum atomic E-state index is 14.3. The second-order valence-corrected chi connectivity index (χ2v) is 12.3. The Morgan fingerprint density at radius 1 is 1.23 bits per heavy atom. The third-order valence-electron chi connectivity index (χ3n) is 5.78. The summed E-state index contributed by atoms with van der Waals surface area (Å²) in [5, 5.41) is 1.92. The second kappa shape index (κ2) is 9.69. The maximum Gasteiger partial charge on any atom is 0.252 e. The van der Waals surface area contributed by atoms with Crippen molar-refractivity contribution < 1.29 is 22.0 Å². The molecule has 1 saturated heterocycles. The average molecular weight is 535 g/mol. The molecule has 0 saturated carbocycles. The fourth-order valence-corrected chi connectivity index (χ4v) is 7.77. The van der Waals surface area contributed by atoms with Gasteiger partial charge in [0.1, 0.15) is 15.5 Å². The molecule has 7 nitrogen and oxygen atoms in total. The van der Waals surface area contributed by atoms with Gasteiger partial charge in [-0.2, -0.15) is 4.31 Å². The molecule has 0 aliphatic carbocycles. The number of hydrogen-bond donors (Lipinski definition) is 0. The van der Waals surface area contributed by atoms with Gasteiger partial charge in [0.15, 0.2) is 10.9 Å². The number of piperidine rings is 1. The molecule has 0 N–H and O–H groups in total. The molecule has 182 valence electrons. The highest BCUT2D eigenvalue weighted by atomic mass is 32.2. The molecular formula is C23H20F2N4O3S3. The summed E-state index contributed by atoms with van der Waals surface area (Å²) in [4.78, 5) is 23.6. The Labute approximate surface area is 208 Å². The number of rotatable bonds is 6. The number of benzene rings is 1. The SMILES string of the molecule is O=C(C1CCCN(S(=O)(=O)c2cccs2)C1)N(Cc1cccnc1)c1nc2c(F)cc(F)cc2s1. The van der Waals surface area contributed by atoms with Crippen LogP contribution in [0.4, 0.5) is 13.9 Å². The summed E-state index contributed by atoms with van der Waals surface area (Å²) in [5.74, 6) is -2.46. The van der Waals surface area contributed by atoms with E-state index in [0.29, 0.717) is 19.4 Å². The third kappa shape index (κ3) is 4.83. The van der Waals surface area contributed by atoms with Crippen molar-refractivity contribution >= 4 is 54.0 Å². The van der Waals surface area contributed by atoms with Crippen LogP contribution in [-0.2, 0) is 21.4 Å². The lowest BCUT2D eigenvalue weighted by Gasteiger charge is -2.33. The van der Waals surface area contributed by atoms with Crippen molar-refractivity contribution in [2.75, 3.05) is 18.0 Å². The van der Waals surface area contributed by atoms with Crippen molar-refractivity contribution in [2.45, 2.75) is 23.6 Å². The lowest BCUT2D eigenvalue weighted by Crippen LogP contribution is -2.46. The molecule has 4 heterocycles. The summed E-state index contributed by atoms with van der Waals surface area (Å²) in [6, 6.07) is 8.70. The van der Waals surface area contributed by atoms with Crippen LogP contribution in [0.5, 0.6) is 0 Å². The van der Waals surface area contributed by atoms with Crippen LogP contribution in [0.1, 0.15) is 18.4 Å². The number of halogens is 2. The highest BCUT2D eigenvalue weighted by Crippen LogP contribution is 2.34. The summed E-state index contributed by atoms with van der Waals surface area (Å²) in [6.45, 7) is 0.486. The van der Waals surface area contributed by atoms with Crippen LogP contribution in [0.3, 0.4) is 0 Å². The number of thiophene rings is 1. The molecule has 12 heteroatoms. The van der Waals surface area contributed by atoms with Gasteiger partial charge in [0.25, 0.3) is 10.0 Å². The minimum atomic E-state index is -3.70. The van der Waals surface area contributed by atoms with Gasteiger partial charge in [0.2, 0.25) is 5.91 Å². The fourth-order valence-electron chi connectivity index (χ4n) is 4.10. The highest BCUT2D eigenvalue weighted by Gasteiger charge is 2.36. The predicted molar refractivity (Wildman–Crippen MR) is 131 cm³/mol. The standard InChI is InChI=1S/C23H20F2N4O3S3/c24-17-10-18(25)21-19(11-17)34-23(27-21)29(13-15-4-1-7-26-12-15)22(30)16-5-2-8-28(14-16)35(31,32)20-6-3-9-33-20/h1,3-4,6-7,9-12,16H,2,5,8,13-14H2. The first-order chi connectivity index (χ1) is 16.8. The van der Waals surface area contributed by atoms with Crippen molar-refractivity contribution in [3.63, 3.8) is 0 Å². The first-order valence-electron chi connectivity index (χ1n) is 10.8. The number of sulfonamides is 1. The van der Waals surface area contributed by atoms with E-state index in [1.165, 1.54) is 15.3 Å². The second-order valence-electron chi connectivity index (χ2n) is 8.15. The molecule has 35 heavy (non-hydrogen) atoms. The molecule has 1 fully saturated rings. The van der Waals surface area contributed by atoms with E-state index < -0.39 is 27.6 Å². The van der Waals surface area contributed by atoms with Crippen LogP contribution in [-0.4, -0.2) is 41.7 Å². The molecule has 1 unspecified atom stereocenters. The molecular weight excluding hydrogens is 514 g/mol. The Bertz CT molecular complexity index is 1460. The van der Waals surface area contributed by atoms with Crippen LogP contribution >= 0.6 is 22.7 Å². The zero-order valence-corrected chi connectivity index (χ0v) is 20.8. The van der Waals surface area contributed by atoms with Crippen LogP contribution in [0.2, 0.25) is 0 Å². The Morgan fingerprint density at radius 2 is 2.09 bits per heavy atom. The van der Waals surface area contributed by atoms with Crippen molar-refractivity contribution in [2.24, 2.45) is 5.92 Å². The largest absolute Gasteiger partial charge is 0.283 e. The Hall–Kier alpha value is -2.80. The number of nitrogens with zero attached hydrogens (tertiary/aromatic N) is 4. The number of thiazole rings is 1. The van der Waals surface area contributed by atoms with E-state index in [4.69, 9.17) is 0 Å². The zero-order valence-electron chi connectivity index (χ0n) is 18.3.